The van der Waals surface area contributed by atoms with Crippen LogP contribution in [-0.4, -0.2) is 19.3 Å². The number of rotatable bonds is 5. The molecule has 130 valence electrons. The van der Waals surface area contributed by atoms with Crippen molar-refractivity contribution in [3.63, 3.8) is 0 Å². The second-order valence-corrected chi connectivity index (χ2v) is 8.17. The van der Waals surface area contributed by atoms with Gasteiger partial charge >= 0.3 is 7.12 Å². The molecule has 0 spiro atoms. The van der Waals surface area contributed by atoms with Crippen LogP contribution in [0.15, 0.2) is 12.2 Å². The molecule has 1 saturated heterocycles. The van der Waals surface area contributed by atoms with Crippen LogP contribution in [0.2, 0.25) is 5.82 Å². The summed E-state index contributed by atoms with van der Waals surface area (Å²) in [6, 6.07) is 0. The van der Waals surface area contributed by atoms with Gasteiger partial charge in [-0.3, -0.25) is 0 Å². The number of allylic oxidation sites excluding steroid dienone is 1. The predicted molar refractivity (Wildman–Crippen MR) is 97.5 cm³/mol. The molecule has 3 fully saturated rings. The standard InChI is InChI=1S/C20H35BO2/c1-4-15(2)16(3)21-22-19(17-11-7-5-8-12-17)20(23-21)18-13-9-6-10-14-18/h16-20H,2,4-14H2,1,3H3/t16-,19-,20-/m1/s1. The van der Waals surface area contributed by atoms with Crippen LogP contribution in [0.25, 0.3) is 0 Å². The fourth-order valence-corrected chi connectivity index (χ4v) is 4.93. The normalized spacial score (nSPS) is 32.2. The third-order valence-corrected chi connectivity index (χ3v) is 6.64. The minimum absolute atomic E-state index is 0.0543. The van der Waals surface area contributed by atoms with Crippen LogP contribution in [0.1, 0.15) is 84.5 Å². The van der Waals surface area contributed by atoms with E-state index in [9.17, 15) is 0 Å². The largest absolute Gasteiger partial charge is 0.464 e. The van der Waals surface area contributed by atoms with Gasteiger partial charge in [-0.1, -0.05) is 57.9 Å². The van der Waals surface area contributed by atoms with Crippen molar-refractivity contribution in [2.45, 2.75) is 103 Å². The third kappa shape index (κ3) is 4.04. The molecule has 3 rings (SSSR count). The lowest BCUT2D eigenvalue weighted by molar-refractivity contribution is 0.0324. The smallest absolute Gasteiger partial charge is 0.405 e. The SMILES string of the molecule is C=C(CC)[C@@H](C)B1O[C@H](C2CCCCC2)[C@@H](C2CCCCC2)O1. The predicted octanol–water partition coefficient (Wildman–Crippen LogP) is 5.78. The zero-order chi connectivity index (χ0) is 16.2. The van der Waals surface area contributed by atoms with Crippen LogP contribution in [0, 0.1) is 11.8 Å². The Morgan fingerprint density at radius 3 is 1.74 bits per heavy atom. The van der Waals surface area contributed by atoms with Crippen LogP contribution in [-0.2, 0) is 9.31 Å². The molecule has 0 unspecified atom stereocenters. The van der Waals surface area contributed by atoms with E-state index in [1.54, 1.807) is 0 Å². The van der Waals surface area contributed by atoms with E-state index in [1.807, 2.05) is 0 Å². The Morgan fingerprint density at radius 1 is 0.913 bits per heavy atom. The van der Waals surface area contributed by atoms with Crippen molar-refractivity contribution in [2.24, 2.45) is 11.8 Å². The summed E-state index contributed by atoms with van der Waals surface area (Å²) >= 11 is 0. The highest BCUT2D eigenvalue weighted by molar-refractivity contribution is 6.48. The van der Waals surface area contributed by atoms with Gasteiger partial charge in [0, 0.05) is 5.82 Å². The lowest BCUT2D eigenvalue weighted by Crippen LogP contribution is -2.38. The molecule has 3 atom stereocenters. The molecule has 0 amide bonds. The van der Waals surface area contributed by atoms with Gasteiger partial charge in [-0.25, -0.2) is 0 Å². The molecule has 1 aliphatic heterocycles. The molecular weight excluding hydrogens is 283 g/mol. The van der Waals surface area contributed by atoms with Crippen molar-refractivity contribution in [1.29, 1.82) is 0 Å². The van der Waals surface area contributed by atoms with E-state index in [4.69, 9.17) is 9.31 Å². The van der Waals surface area contributed by atoms with Crippen molar-refractivity contribution < 1.29 is 9.31 Å². The summed E-state index contributed by atoms with van der Waals surface area (Å²) in [5.74, 6) is 1.77. The van der Waals surface area contributed by atoms with E-state index < -0.39 is 0 Å². The summed E-state index contributed by atoms with van der Waals surface area (Å²) < 4.78 is 13.1. The van der Waals surface area contributed by atoms with Gasteiger partial charge in [-0.15, -0.1) is 6.58 Å². The quantitative estimate of drug-likeness (QED) is 0.473. The lowest BCUT2D eigenvalue weighted by Gasteiger charge is -2.35. The highest BCUT2D eigenvalue weighted by Crippen LogP contribution is 2.42. The molecule has 2 aliphatic carbocycles. The molecule has 0 aromatic heterocycles. The van der Waals surface area contributed by atoms with Crippen LogP contribution < -0.4 is 0 Å². The maximum absolute atomic E-state index is 6.57. The highest BCUT2D eigenvalue weighted by Gasteiger charge is 2.48. The van der Waals surface area contributed by atoms with Crippen LogP contribution in [0.5, 0.6) is 0 Å². The molecule has 0 aromatic rings. The van der Waals surface area contributed by atoms with E-state index in [0.717, 1.165) is 18.3 Å². The summed E-state index contributed by atoms with van der Waals surface area (Å²) in [5, 5.41) is 0. The Balaban J connectivity index is 1.71. The van der Waals surface area contributed by atoms with Crippen molar-refractivity contribution in [2.75, 3.05) is 0 Å². The van der Waals surface area contributed by atoms with E-state index >= 15 is 0 Å². The molecule has 1 heterocycles. The first-order chi connectivity index (χ1) is 11.2. The van der Waals surface area contributed by atoms with Gasteiger partial charge in [0.05, 0.1) is 12.2 Å². The van der Waals surface area contributed by atoms with Crippen molar-refractivity contribution in [3.8, 4) is 0 Å². The number of hydrogen-bond donors (Lipinski definition) is 0. The van der Waals surface area contributed by atoms with Gasteiger partial charge in [0.15, 0.2) is 0 Å². The van der Waals surface area contributed by atoms with E-state index in [1.165, 1.54) is 69.8 Å². The Morgan fingerprint density at radius 2 is 1.35 bits per heavy atom. The van der Waals surface area contributed by atoms with Gasteiger partial charge in [0.25, 0.3) is 0 Å². The molecule has 23 heavy (non-hydrogen) atoms. The molecular formula is C20H35BO2. The van der Waals surface area contributed by atoms with E-state index in [-0.39, 0.29) is 7.12 Å². The van der Waals surface area contributed by atoms with Crippen molar-refractivity contribution in [1.82, 2.24) is 0 Å². The summed E-state index contributed by atoms with van der Waals surface area (Å²) in [6.45, 7) is 8.65. The first kappa shape index (κ1) is 17.5. The average Bonchev–Trinajstić information content (AvgIpc) is 3.07. The van der Waals surface area contributed by atoms with Crippen LogP contribution >= 0.6 is 0 Å². The minimum atomic E-state index is -0.0543. The fraction of sp³-hybridized carbons (Fsp3) is 0.900. The summed E-state index contributed by atoms with van der Waals surface area (Å²) in [5.41, 5.74) is 1.27. The molecule has 0 aromatic carbocycles. The second kappa shape index (κ2) is 8.20. The summed E-state index contributed by atoms with van der Waals surface area (Å²) in [6.07, 6.45) is 15.4. The highest BCUT2D eigenvalue weighted by atomic mass is 16.7. The molecule has 2 nitrogen and oxygen atoms in total. The number of hydrogen-bond acceptors (Lipinski definition) is 2. The van der Waals surface area contributed by atoms with Crippen molar-refractivity contribution >= 4 is 7.12 Å². The van der Waals surface area contributed by atoms with Crippen LogP contribution in [0.3, 0.4) is 0 Å². The molecule has 3 aliphatic rings. The summed E-state index contributed by atoms with van der Waals surface area (Å²) in [7, 11) is -0.0543. The molecule has 2 saturated carbocycles. The minimum Gasteiger partial charge on any atom is -0.405 e. The van der Waals surface area contributed by atoms with E-state index in [0.29, 0.717) is 18.0 Å². The van der Waals surface area contributed by atoms with Crippen LogP contribution in [0.4, 0.5) is 0 Å². The zero-order valence-corrected chi connectivity index (χ0v) is 15.3. The molecule has 0 N–H and O–H groups in total. The topological polar surface area (TPSA) is 18.5 Å². The second-order valence-electron chi connectivity index (χ2n) is 8.17. The third-order valence-electron chi connectivity index (χ3n) is 6.64. The lowest BCUT2D eigenvalue weighted by atomic mass is 9.68. The van der Waals surface area contributed by atoms with Gasteiger partial charge in [-0.2, -0.15) is 0 Å². The molecule has 0 bridgehead atoms. The van der Waals surface area contributed by atoms with Gasteiger partial charge in [-0.05, 0) is 43.9 Å². The zero-order valence-electron chi connectivity index (χ0n) is 15.3. The monoisotopic (exact) mass is 318 g/mol. The Labute approximate surface area is 143 Å². The molecule has 0 radical (unpaired) electrons. The average molecular weight is 318 g/mol. The first-order valence-electron chi connectivity index (χ1n) is 10.2. The Hall–Kier alpha value is -0.275. The Kier molecular flexibility index (Phi) is 6.26. The maximum atomic E-state index is 6.57. The van der Waals surface area contributed by atoms with Gasteiger partial charge < -0.3 is 9.31 Å². The summed E-state index contributed by atoms with van der Waals surface area (Å²) in [4.78, 5) is 0. The van der Waals surface area contributed by atoms with Gasteiger partial charge in [0.1, 0.15) is 0 Å². The van der Waals surface area contributed by atoms with Crippen molar-refractivity contribution in [3.05, 3.63) is 12.2 Å². The fourth-order valence-electron chi connectivity index (χ4n) is 4.93. The Bertz CT molecular complexity index is 359. The van der Waals surface area contributed by atoms with E-state index in [2.05, 4.69) is 20.4 Å². The van der Waals surface area contributed by atoms with Gasteiger partial charge in [0.2, 0.25) is 0 Å². The first-order valence-corrected chi connectivity index (χ1v) is 10.2. The maximum Gasteiger partial charge on any atom is 0.464 e. The molecule has 3 heteroatoms.